The lowest BCUT2D eigenvalue weighted by molar-refractivity contribution is 0.629. The van der Waals surface area contributed by atoms with Gasteiger partial charge in [0.15, 0.2) is 0 Å². The van der Waals surface area contributed by atoms with Crippen molar-refractivity contribution in [2.45, 2.75) is 25.9 Å². The minimum Gasteiger partial charge on any atom is -0.371 e. The molecule has 2 heterocycles. The molecule has 1 N–H and O–H groups in total. The molecule has 0 aliphatic carbocycles. The van der Waals surface area contributed by atoms with Crippen LogP contribution in [0.25, 0.3) is 11.0 Å². The van der Waals surface area contributed by atoms with Crippen LogP contribution < -0.4 is 10.2 Å². The van der Waals surface area contributed by atoms with Crippen molar-refractivity contribution >= 4 is 16.7 Å². The van der Waals surface area contributed by atoms with Gasteiger partial charge in [-0.3, -0.25) is 0 Å². The van der Waals surface area contributed by atoms with E-state index in [1.54, 1.807) is 6.07 Å². The second-order valence-corrected chi connectivity index (χ2v) is 6.65. The fourth-order valence-corrected chi connectivity index (χ4v) is 3.62. The van der Waals surface area contributed by atoms with Gasteiger partial charge in [-0.05, 0) is 36.6 Å². The van der Waals surface area contributed by atoms with E-state index in [-0.39, 0.29) is 5.82 Å². The van der Waals surface area contributed by atoms with Gasteiger partial charge in [0, 0.05) is 38.4 Å². The molecule has 25 heavy (non-hydrogen) atoms. The molecule has 4 rings (SSSR count). The number of imidazole rings is 1. The zero-order chi connectivity index (χ0) is 17.2. The fourth-order valence-electron chi connectivity index (χ4n) is 3.62. The Morgan fingerprint density at radius 3 is 2.72 bits per heavy atom. The molecule has 1 aliphatic heterocycles. The summed E-state index contributed by atoms with van der Waals surface area (Å²) in [5, 5.41) is 3.49. The number of aromatic nitrogens is 2. The van der Waals surface area contributed by atoms with Crippen molar-refractivity contribution < 1.29 is 4.39 Å². The molecule has 0 bridgehead atoms. The van der Waals surface area contributed by atoms with Crippen molar-refractivity contribution in [3.05, 3.63) is 59.7 Å². The van der Waals surface area contributed by atoms with E-state index in [1.165, 1.54) is 36.2 Å². The molecule has 1 aromatic heterocycles. The molecule has 0 radical (unpaired) electrons. The summed E-state index contributed by atoms with van der Waals surface area (Å²) in [6, 6.07) is 13.3. The number of aryl methyl sites for hydroxylation is 1. The Kier molecular flexibility index (Phi) is 4.40. The fraction of sp³-hybridized carbons (Fsp3) is 0.350. The topological polar surface area (TPSA) is 33.1 Å². The Morgan fingerprint density at radius 1 is 1.08 bits per heavy atom. The van der Waals surface area contributed by atoms with Crippen LogP contribution in [0.5, 0.6) is 0 Å². The van der Waals surface area contributed by atoms with E-state index >= 15 is 0 Å². The number of hydrogen-bond donors (Lipinski definition) is 1. The third kappa shape index (κ3) is 3.24. The van der Waals surface area contributed by atoms with E-state index < -0.39 is 0 Å². The van der Waals surface area contributed by atoms with Crippen molar-refractivity contribution in [1.29, 1.82) is 0 Å². The van der Waals surface area contributed by atoms with Gasteiger partial charge in [-0.25, -0.2) is 9.37 Å². The van der Waals surface area contributed by atoms with E-state index in [0.29, 0.717) is 12.1 Å². The number of fused-ring (bicyclic) bond motifs is 1. The number of nitrogens with one attached hydrogen (secondary N) is 1. The largest absolute Gasteiger partial charge is 0.371 e. The first-order valence-corrected chi connectivity index (χ1v) is 8.87. The zero-order valence-corrected chi connectivity index (χ0v) is 14.5. The molecule has 4 nitrogen and oxygen atoms in total. The monoisotopic (exact) mass is 338 g/mol. The second-order valence-electron chi connectivity index (χ2n) is 6.65. The van der Waals surface area contributed by atoms with Crippen LogP contribution >= 0.6 is 0 Å². The second kappa shape index (κ2) is 6.84. The minimum atomic E-state index is -0.246. The zero-order valence-electron chi connectivity index (χ0n) is 14.5. The first-order chi connectivity index (χ1) is 12.2. The van der Waals surface area contributed by atoms with E-state index in [2.05, 4.69) is 39.5 Å². The molecular formula is C20H23FN4. The van der Waals surface area contributed by atoms with Crippen LogP contribution in [0.15, 0.2) is 42.5 Å². The number of nitrogens with zero attached hydrogens (tertiary/aromatic N) is 3. The van der Waals surface area contributed by atoms with Crippen LogP contribution in [0.1, 0.15) is 24.2 Å². The molecule has 3 aromatic rings. The van der Waals surface area contributed by atoms with E-state index in [0.717, 1.165) is 31.0 Å². The van der Waals surface area contributed by atoms with Gasteiger partial charge in [-0.15, -0.1) is 0 Å². The minimum absolute atomic E-state index is 0.246. The number of benzene rings is 2. The van der Waals surface area contributed by atoms with Crippen LogP contribution in [0.4, 0.5) is 10.1 Å². The Morgan fingerprint density at radius 2 is 1.88 bits per heavy atom. The summed E-state index contributed by atoms with van der Waals surface area (Å²) in [7, 11) is 1.97. The molecule has 130 valence electrons. The third-order valence-corrected chi connectivity index (χ3v) is 4.97. The number of anilines is 1. The first kappa shape index (κ1) is 16.1. The van der Waals surface area contributed by atoms with Gasteiger partial charge in [0.25, 0.3) is 0 Å². The summed E-state index contributed by atoms with van der Waals surface area (Å²) in [5.74, 6) is 0.670. The maximum atomic E-state index is 13.4. The molecule has 1 fully saturated rings. The molecule has 0 amide bonds. The van der Waals surface area contributed by atoms with E-state index in [9.17, 15) is 4.39 Å². The van der Waals surface area contributed by atoms with Gasteiger partial charge in [0.1, 0.15) is 11.6 Å². The molecule has 2 aromatic carbocycles. The molecule has 0 spiro atoms. The Bertz CT molecular complexity index is 881. The maximum absolute atomic E-state index is 13.4. The van der Waals surface area contributed by atoms with E-state index in [1.807, 2.05) is 11.6 Å². The summed E-state index contributed by atoms with van der Waals surface area (Å²) in [4.78, 5) is 7.02. The Labute approximate surface area is 147 Å². The van der Waals surface area contributed by atoms with Gasteiger partial charge in [-0.2, -0.15) is 0 Å². The summed E-state index contributed by atoms with van der Waals surface area (Å²) >= 11 is 0. The molecule has 1 saturated heterocycles. The number of hydrogen-bond acceptors (Lipinski definition) is 3. The predicted molar refractivity (Wildman–Crippen MR) is 99.1 cm³/mol. The van der Waals surface area contributed by atoms with Crippen molar-refractivity contribution in [2.24, 2.45) is 7.05 Å². The lowest BCUT2D eigenvalue weighted by Crippen LogP contribution is -2.22. The highest BCUT2D eigenvalue weighted by molar-refractivity contribution is 5.75. The highest BCUT2D eigenvalue weighted by Crippen LogP contribution is 2.24. The Balaban J connectivity index is 1.47. The third-order valence-electron chi connectivity index (χ3n) is 4.97. The molecule has 0 unspecified atom stereocenters. The first-order valence-electron chi connectivity index (χ1n) is 8.87. The molecule has 1 aliphatic rings. The maximum Gasteiger partial charge on any atom is 0.125 e. The normalized spacial score (nSPS) is 14.6. The number of para-hydroxylation sites is 1. The average molecular weight is 338 g/mol. The van der Waals surface area contributed by atoms with Crippen LogP contribution in [-0.4, -0.2) is 22.6 Å². The Hall–Kier alpha value is -2.40. The average Bonchev–Trinajstić information content (AvgIpc) is 3.24. The smallest absolute Gasteiger partial charge is 0.125 e. The quantitative estimate of drug-likeness (QED) is 0.772. The lowest BCUT2D eigenvalue weighted by atomic mass is 10.1. The molecule has 5 heteroatoms. The summed E-state index contributed by atoms with van der Waals surface area (Å²) in [6.45, 7) is 3.74. The predicted octanol–water partition coefficient (Wildman–Crippen LogP) is 3.60. The highest BCUT2D eigenvalue weighted by Gasteiger charge is 2.15. The molecule has 0 atom stereocenters. The lowest BCUT2D eigenvalue weighted by Gasteiger charge is -2.21. The van der Waals surface area contributed by atoms with Gasteiger partial charge in [-0.1, -0.05) is 18.2 Å². The number of halogens is 1. The standard InChI is InChI=1S/C20H23FN4/c1-24-19-9-8-16(21)12-17(19)23-20(24)14-22-13-15-6-2-3-7-18(15)25-10-4-5-11-25/h2-3,6-9,12,22H,4-5,10-11,13-14H2,1H3. The van der Waals surface area contributed by atoms with Crippen molar-refractivity contribution in [2.75, 3.05) is 18.0 Å². The van der Waals surface area contributed by atoms with Crippen LogP contribution in [0.2, 0.25) is 0 Å². The number of rotatable bonds is 5. The van der Waals surface area contributed by atoms with Crippen LogP contribution in [0.3, 0.4) is 0 Å². The van der Waals surface area contributed by atoms with Crippen molar-refractivity contribution in [1.82, 2.24) is 14.9 Å². The van der Waals surface area contributed by atoms with Crippen molar-refractivity contribution in [3.8, 4) is 0 Å². The van der Waals surface area contributed by atoms with Crippen LogP contribution in [0, 0.1) is 5.82 Å². The highest BCUT2D eigenvalue weighted by atomic mass is 19.1. The summed E-state index contributed by atoms with van der Waals surface area (Å²) in [5.41, 5.74) is 4.31. The molecular weight excluding hydrogens is 315 g/mol. The SMILES string of the molecule is Cn1c(CNCc2ccccc2N2CCCC2)nc2cc(F)ccc21. The van der Waals surface area contributed by atoms with Gasteiger partial charge in [0.05, 0.1) is 17.6 Å². The summed E-state index contributed by atoms with van der Waals surface area (Å²) < 4.78 is 15.4. The van der Waals surface area contributed by atoms with Gasteiger partial charge in [0.2, 0.25) is 0 Å². The molecule has 0 saturated carbocycles. The van der Waals surface area contributed by atoms with Crippen LogP contribution in [-0.2, 0) is 20.1 Å². The van der Waals surface area contributed by atoms with Gasteiger partial charge >= 0.3 is 0 Å². The summed E-state index contributed by atoms with van der Waals surface area (Å²) in [6.07, 6.45) is 2.55. The van der Waals surface area contributed by atoms with Crippen molar-refractivity contribution in [3.63, 3.8) is 0 Å². The van der Waals surface area contributed by atoms with E-state index in [4.69, 9.17) is 0 Å². The van der Waals surface area contributed by atoms with Gasteiger partial charge < -0.3 is 14.8 Å².